The van der Waals surface area contributed by atoms with Crippen LogP contribution in [0.2, 0.25) is 0 Å². The third-order valence-electron chi connectivity index (χ3n) is 4.26. The fourth-order valence-corrected chi connectivity index (χ4v) is 2.68. The smallest absolute Gasteiger partial charge is 0.270 e. The highest BCUT2D eigenvalue weighted by Crippen LogP contribution is 2.18. The molecule has 3 rings (SSSR count). The van der Waals surface area contributed by atoms with Gasteiger partial charge in [0.2, 0.25) is 0 Å². The van der Waals surface area contributed by atoms with Crippen LogP contribution < -0.4 is 11.1 Å². The van der Waals surface area contributed by atoms with Gasteiger partial charge in [0, 0.05) is 19.6 Å². The number of nitrogens with two attached hydrogens (primary N) is 1. The molecule has 1 unspecified atom stereocenters. The van der Waals surface area contributed by atoms with Gasteiger partial charge in [-0.2, -0.15) is 5.10 Å². The Morgan fingerprint density at radius 1 is 1.20 bits per heavy atom. The predicted molar refractivity (Wildman–Crippen MR) is 96.1 cm³/mol. The van der Waals surface area contributed by atoms with Crippen molar-refractivity contribution in [2.24, 2.45) is 12.8 Å². The van der Waals surface area contributed by atoms with Gasteiger partial charge in [-0.1, -0.05) is 38.1 Å². The van der Waals surface area contributed by atoms with E-state index < -0.39 is 0 Å². The van der Waals surface area contributed by atoms with Gasteiger partial charge in [0.25, 0.3) is 5.91 Å². The van der Waals surface area contributed by atoms with E-state index in [4.69, 9.17) is 5.73 Å². The van der Waals surface area contributed by atoms with Crippen LogP contribution in [0.4, 0.5) is 0 Å². The zero-order valence-corrected chi connectivity index (χ0v) is 14.6. The van der Waals surface area contributed by atoms with Crippen LogP contribution in [0.1, 0.15) is 47.4 Å². The van der Waals surface area contributed by atoms with E-state index in [9.17, 15) is 4.79 Å². The molecule has 2 heterocycles. The Morgan fingerprint density at radius 2 is 1.88 bits per heavy atom. The Kier molecular flexibility index (Phi) is 4.76. The number of benzene rings is 1. The number of nitrogens with zero attached hydrogens (tertiary/aromatic N) is 4. The molecule has 0 aliphatic carbocycles. The van der Waals surface area contributed by atoms with E-state index in [1.165, 1.54) is 11.9 Å². The van der Waals surface area contributed by atoms with Crippen LogP contribution in [0.25, 0.3) is 11.0 Å². The first-order chi connectivity index (χ1) is 12.0. The molecule has 7 nitrogen and oxygen atoms in total. The predicted octanol–water partition coefficient (Wildman–Crippen LogP) is 1.92. The first-order valence-corrected chi connectivity index (χ1v) is 8.23. The Bertz CT molecular complexity index is 884. The van der Waals surface area contributed by atoms with Crippen LogP contribution >= 0.6 is 0 Å². The molecule has 1 amide bonds. The number of amides is 1. The second kappa shape index (κ2) is 6.98. The van der Waals surface area contributed by atoms with E-state index in [1.54, 1.807) is 17.9 Å². The molecule has 1 aromatic carbocycles. The van der Waals surface area contributed by atoms with E-state index in [-0.39, 0.29) is 11.9 Å². The number of hydrogen-bond donors (Lipinski definition) is 2. The van der Waals surface area contributed by atoms with E-state index in [2.05, 4.69) is 46.4 Å². The van der Waals surface area contributed by atoms with Crippen molar-refractivity contribution in [3.63, 3.8) is 0 Å². The van der Waals surface area contributed by atoms with Crippen molar-refractivity contribution in [3.05, 3.63) is 53.6 Å². The minimum absolute atomic E-state index is 0.281. The molecule has 1 atom stereocenters. The Hall–Kier alpha value is -2.80. The van der Waals surface area contributed by atoms with Crippen molar-refractivity contribution in [3.8, 4) is 0 Å². The molecule has 0 saturated carbocycles. The quantitative estimate of drug-likeness (QED) is 0.740. The summed E-state index contributed by atoms with van der Waals surface area (Å²) in [5.41, 5.74) is 9.37. The summed E-state index contributed by atoms with van der Waals surface area (Å²) in [6.07, 6.45) is 2.96. The van der Waals surface area contributed by atoms with E-state index in [1.807, 2.05) is 12.1 Å². The van der Waals surface area contributed by atoms with Gasteiger partial charge in [0.05, 0.1) is 11.6 Å². The summed E-state index contributed by atoms with van der Waals surface area (Å²) in [6.45, 7) is 4.62. The third-order valence-corrected chi connectivity index (χ3v) is 4.26. The molecule has 0 radical (unpaired) electrons. The van der Waals surface area contributed by atoms with Crippen LogP contribution in [0.15, 0.2) is 36.8 Å². The summed E-state index contributed by atoms with van der Waals surface area (Å²) in [4.78, 5) is 20.7. The lowest BCUT2D eigenvalue weighted by atomic mass is 9.99. The standard InChI is InChI=1S/C18H22N6O/c1-11(2)12-4-6-13(7-5-12)15(19)9-20-18(25)16-14-8-23-24(3)17(14)22-10-21-16/h4-8,10-11,15H,9,19H2,1-3H3,(H,20,25). The number of rotatable bonds is 5. The lowest BCUT2D eigenvalue weighted by molar-refractivity contribution is 0.0948. The molecule has 25 heavy (non-hydrogen) atoms. The molecule has 3 aromatic rings. The number of aromatic nitrogens is 4. The first-order valence-electron chi connectivity index (χ1n) is 8.23. The number of carbonyl (C=O) groups excluding carboxylic acids is 1. The minimum Gasteiger partial charge on any atom is -0.349 e. The molecule has 0 spiro atoms. The van der Waals surface area contributed by atoms with Crippen LogP contribution in [-0.4, -0.2) is 32.2 Å². The SMILES string of the molecule is CC(C)c1ccc(C(N)CNC(=O)c2ncnc3c2cnn3C)cc1. The topological polar surface area (TPSA) is 98.7 Å². The molecule has 2 aromatic heterocycles. The highest BCUT2D eigenvalue weighted by molar-refractivity contribution is 6.03. The molecular weight excluding hydrogens is 316 g/mol. The Labute approximate surface area is 146 Å². The van der Waals surface area contributed by atoms with E-state index in [0.717, 1.165) is 5.56 Å². The van der Waals surface area contributed by atoms with Gasteiger partial charge in [0.15, 0.2) is 5.65 Å². The number of hydrogen-bond acceptors (Lipinski definition) is 5. The van der Waals surface area contributed by atoms with Crippen molar-refractivity contribution < 1.29 is 4.79 Å². The van der Waals surface area contributed by atoms with Crippen LogP contribution in [0.5, 0.6) is 0 Å². The van der Waals surface area contributed by atoms with Crippen LogP contribution in [-0.2, 0) is 7.05 Å². The maximum absolute atomic E-state index is 12.5. The second-order valence-corrected chi connectivity index (χ2v) is 6.37. The normalized spacial score (nSPS) is 12.5. The van der Waals surface area contributed by atoms with Gasteiger partial charge in [-0.25, -0.2) is 9.97 Å². The van der Waals surface area contributed by atoms with Gasteiger partial charge in [-0.3, -0.25) is 9.48 Å². The third kappa shape index (κ3) is 3.51. The molecule has 0 aliphatic heterocycles. The summed E-state index contributed by atoms with van der Waals surface area (Å²) in [5.74, 6) is 0.194. The summed E-state index contributed by atoms with van der Waals surface area (Å²) in [7, 11) is 1.77. The molecule has 0 saturated heterocycles. The van der Waals surface area contributed by atoms with Gasteiger partial charge in [-0.05, 0) is 17.0 Å². The zero-order chi connectivity index (χ0) is 18.0. The van der Waals surface area contributed by atoms with Gasteiger partial charge in [-0.15, -0.1) is 0 Å². The van der Waals surface area contributed by atoms with Crippen molar-refractivity contribution >= 4 is 16.9 Å². The Balaban J connectivity index is 1.69. The highest BCUT2D eigenvalue weighted by Gasteiger charge is 2.16. The molecular formula is C18H22N6O. The van der Waals surface area contributed by atoms with Crippen molar-refractivity contribution in [1.82, 2.24) is 25.1 Å². The number of nitrogens with one attached hydrogen (secondary N) is 1. The molecule has 130 valence electrons. The van der Waals surface area contributed by atoms with Gasteiger partial charge >= 0.3 is 0 Å². The maximum atomic E-state index is 12.5. The molecule has 3 N–H and O–H groups in total. The number of aryl methyl sites for hydroxylation is 1. The monoisotopic (exact) mass is 338 g/mol. The van der Waals surface area contributed by atoms with Crippen LogP contribution in [0.3, 0.4) is 0 Å². The lowest BCUT2D eigenvalue weighted by Crippen LogP contribution is -2.32. The minimum atomic E-state index is -0.283. The summed E-state index contributed by atoms with van der Waals surface area (Å²) in [6, 6.07) is 7.89. The average Bonchev–Trinajstić information content (AvgIpc) is 3.00. The fourth-order valence-electron chi connectivity index (χ4n) is 2.68. The highest BCUT2D eigenvalue weighted by atomic mass is 16.1. The molecule has 7 heteroatoms. The summed E-state index contributed by atoms with van der Waals surface area (Å²) in [5, 5.41) is 7.58. The first kappa shape index (κ1) is 17.0. The van der Waals surface area contributed by atoms with Crippen LogP contribution in [0, 0.1) is 0 Å². The number of fused-ring (bicyclic) bond motifs is 1. The van der Waals surface area contributed by atoms with Crippen molar-refractivity contribution in [2.45, 2.75) is 25.8 Å². The maximum Gasteiger partial charge on any atom is 0.270 e. The largest absolute Gasteiger partial charge is 0.349 e. The summed E-state index contributed by atoms with van der Waals surface area (Å²) >= 11 is 0. The average molecular weight is 338 g/mol. The fraction of sp³-hybridized carbons (Fsp3) is 0.333. The Morgan fingerprint density at radius 3 is 2.56 bits per heavy atom. The van der Waals surface area contributed by atoms with Crippen molar-refractivity contribution in [1.29, 1.82) is 0 Å². The molecule has 0 aliphatic rings. The van der Waals surface area contributed by atoms with E-state index >= 15 is 0 Å². The van der Waals surface area contributed by atoms with Gasteiger partial charge < -0.3 is 11.1 Å². The van der Waals surface area contributed by atoms with Gasteiger partial charge in [0.1, 0.15) is 12.0 Å². The van der Waals surface area contributed by atoms with E-state index in [0.29, 0.717) is 29.2 Å². The number of carbonyl (C=O) groups is 1. The van der Waals surface area contributed by atoms with Crippen molar-refractivity contribution in [2.75, 3.05) is 6.54 Å². The second-order valence-electron chi connectivity index (χ2n) is 6.37. The lowest BCUT2D eigenvalue weighted by Gasteiger charge is -2.14. The molecule has 0 fully saturated rings. The summed E-state index contributed by atoms with van der Waals surface area (Å²) < 4.78 is 1.61. The molecule has 0 bridgehead atoms. The zero-order valence-electron chi connectivity index (χ0n) is 14.6.